The van der Waals surface area contributed by atoms with Gasteiger partial charge in [0.15, 0.2) is 5.75 Å². The van der Waals surface area contributed by atoms with Crippen LogP contribution in [0.15, 0.2) is 46.9 Å². The molecule has 0 amide bonds. The normalized spacial score (nSPS) is 12.0. The fourth-order valence-electron chi connectivity index (χ4n) is 2.02. The van der Waals surface area contributed by atoms with Gasteiger partial charge < -0.3 is 10.1 Å². The van der Waals surface area contributed by atoms with Crippen LogP contribution in [0.2, 0.25) is 5.02 Å². The Morgan fingerprint density at radius 1 is 1.25 bits per heavy atom. The fourth-order valence-corrected chi connectivity index (χ4v) is 2.94. The van der Waals surface area contributed by atoms with Gasteiger partial charge in [-0.2, -0.15) is 0 Å². The molecule has 1 unspecified atom stereocenters. The molecule has 0 heterocycles. The SMILES string of the molecule is CCOc1c(Br)cc(Cl)cc1NC(C)c1ccccc1. The number of hydrogen-bond acceptors (Lipinski definition) is 2. The summed E-state index contributed by atoms with van der Waals surface area (Å²) in [4.78, 5) is 0. The van der Waals surface area contributed by atoms with Crippen LogP contribution < -0.4 is 10.1 Å². The van der Waals surface area contributed by atoms with E-state index in [4.69, 9.17) is 16.3 Å². The molecular weight excluding hydrogens is 338 g/mol. The molecular formula is C16H17BrClNO. The molecule has 2 rings (SSSR count). The molecule has 0 radical (unpaired) electrons. The van der Waals surface area contributed by atoms with Gasteiger partial charge in [0.2, 0.25) is 0 Å². The maximum absolute atomic E-state index is 6.13. The van der Waals surface area contributed by atoms with Gasteiger partial charge in [-0.15, -0.1) is 0 Å². The predicted molar refractivity (Wildman–Crippen MR) is 88.8 cm³/mol. The number of rotatable bonds is 5. The van der Waals surface area contributed by atoms with Crippen LogP contribution in [0.3, 0.4) is 0 Å². The van der Waals surface area contributed by atoms with Crippen LogP contribution in [0.1, 0.15) is 25.5 Å². The number of nitrogens with one attached hydrogen (secondary N) is 1. The minimum Gasteiger partial charge on any atom is -0.491 e. The maximum atomic E-state index is 6.13. The van der Waals surface area contributed by atoms with Crippen LogP contribution in [0.4, 0.5) is 5.69 Å². The van der Waals surface area contributed by atoms with Crippen LogP contribution in [-0.2, 0) is 0 Å². The van der Waals surface area contributed by atoms with Crippen molar-refractivity contribution in [3.8, 4) is 5.75 Å². The average molecular weight is 355 g/mol. The molecule has 4 heteroatoms. The highest BCUT2D eigenvalue weighted by atomic mass is 79.9. The summed E-state index contributed by atoms with van der Waals surface area (Å²) in [5.41, 5.74) is 2.11. The van der Waals surface area contributed by atoms with Crippen molar-refractivity contribution in [3.63, 3.8) is 0 Å². The molecule has 20 heavy (non-hydrogen) atoms. The van der Waals surface area contributed by atoms with E-state index in [2.05, 4.69) is 40.3 Å². The molecule has 0 saturated carbocycles. The third-order valence-electron chi connectivity index (χ3n) is 2.97. The Morgan fingerprint density at radius 2 is 1.95 bits per heavy atom. The molecule has 2 aromatic rings. The molecule has 0 saturated heterocycles. The quantitative estimate of drug-likeness (QED) is 0.746. The Hall–Kier alpha value is -1.19. The van der Waals surface area contributed by atoms with Gasteiger partial charge in [0, 0.05) is 11.1 Å². The molecule has 0 aliphatic rings. The first-order valence-corrected chi connectivity index (χ1v) is 7.72. The van der Waals surface area contributed by atoms with Crippen molar-refractivity contribution < 1.29 is 4.74 Å². The molecule has 2 nitrogen and oxygen atoms in total. The van der Waals surface area contributed by atoms with Crippen molar-refractivity contribution >= 4 is 33.2 Å². The molecule has 1 N–H and O–H groups in total. The van der Waals surface area contributed by atoms with E-state index < -0.39 is 0 Å². The van der Waals surface area contributed by atoms with Gasteiger partial charge in [0.05, 0.1) is 16.8 Å². The zero-order valence-corrected chi connectivity index (χ0v) is 13.8. The van der Waals surface area contributed by atoms with Gasteiger partial charge in [0.1, 0.15) is 0 Å². The van der Waals surface area contributed by atoms with E-state index >= 15 is 0 Å². The van der Waals surface area contributed by atoms with E-state index in [0.717, 1.165) is 15.9 Å². The standard InChI is InChI=1S/C16H17BrClNO/c1-3-20-16-14(17)9-13(18)10-15(16)19-11(2)12-7-5-4-6-8-12/h4-11,19H,3H2,1-2H3. The Kier molecular flexibility index (Phi) is 5.32. The molecule has 0 spiro atoms. The predicted octanol–water partition coefficient (Wildman–Crippen LogP) is 5.67. The fraction of sp³-hybridized carbons (Fsp3) is 0.250. The maximum Gasteiger partial charge on any atom is 0.156 e. The van der Waals surface area contributed by atoms with Gasteiger partial charge in [-0.25, -0.2) is 0 Å². The van der Waals surface area contributed by atoms with Crippen LogP contribution >= 0.6 is 27.5 Å². The van der Waals surface area contributed by atoms with E-state index in [1.165, 1.54) is 5.56 Å². The second-order valence-corrected chi connectivity index (χ2v) is 5.76. The molecule has 0 fully saturated rings. The lowest BCUT2D eigenvalue weighted by molar-refractivity contribution is 0.339. The van der Waals surface area contributed by atoms with E-state index in [-0.39, 0.29) is 6.04 Å². The number of halogens is 2. The molecule has 0 aliphatic carbocycles. The Balaban J connectivity index is 2.28. The molecule has 106 valence electrons. The van der Waals surface area contributed by atoms with E-state index in [1.54, 1.807) is 0 Å². The van der Waals surface area contributed by atoms with Crippen LogP contribution in [-0.4, -0.2) is 6.61 Å². The van der Waals surface area contributed by atoms with Crippen molar-refractivity contribution in [2.45, 2.75) is 19.9 Å². The summed E-state index contributed by atoms with van der Waals surface area (Å²) in [6.45, 7) is 4.68. The minimum atomic E-state index is 0.167. The lowest BCUT2D eigenvalue weighted by atomic mass is 10.1. The Morgan fingerprint density at radius 3 is 2.60 bits per heavy atom. The highest BCUT2D eigenvalue weighted by Gasteiger charge is 2.13. The first kappa shape index (κ1) is 15.2. The zero-order chi connectivity index (χ0) is 14.5. The molecule has 0 aromatic heterocycles. The first-order chi connectivity index (χ1) is 9.61. The van der Waals surface area contributed by atoms with Crippen molar-refractivity contribution in [3.05, 3.63) is 57.5 Å². The van der Waals surface area contributed by atoms with Crippen molar-refractivity contribution in [2.24, 2.45) is 0 Å². The van der Waals surface area contributed by atoms with Gasteiger partial charge in [-0.05, 0) is 47.5 Å². The summed E-state index contributed by atoms with van der Waals surface area (Å²) in [6.07, 6.45) is 0. The zero-order valence-electron chi connectivity index (χ0n) is 11.5. The monoisotopic (exact) mass is 353 g/mol. The second kappa shape index (κ2) is 7.00. The number of anilines is 1. The van der Waals surface area contributed by atoms with Crippen molar-refractivity contribution in [1.29, 1.82) is 0 Å². The topological polar surface area (TPSA) is 21.3 Å². The summed E-state index contributed by atoms with van der Waals surface area (Å²) in [5.74, 6) is 0.791. The molecule has 2 aromatic carbocycles. The summed E-state index contributed by atoms with van der Waals surface area (Å²) >= 11 is 9.62. The number of hydrogen-bond donors (Lipinski definition) is 1. The Labute approximate surface area is 133 Å². The van der Waals surface area contributed by atoms with Gasteiger partial charge >= 0.3 is 0 Å². The van der Waals surface area contributed by atoms with Crippen LogP contribution in [0, 0.1) is 0 Å². The summed E-state index contributed by atoms with van der Waals surface area (Å²) < 4.78 is 6.55. The van der Waals surface area contributed by atoms with E-state index in [9.17, 15) is 0 Å². The molecule has 0 aliphatic heterocycles. The molecule has 0 bridgehead atoms. The smallest absolute Gasteiger partial charge is 0.156 e. The second-order valence-electron chi connectivity index (χ2n) is 4.47. The first-order valence-electron chi connectivity index (χ1n) is 6.55. The van der Waals surface area contributed by atoms with E-state index in [1.807, 2.05) is 37.3 Å². The minimum absolute atomic E-state index is 0.167. The highest BCUT2D eigenvalue weighted by Crippen LogP contribution is 2.38. The van der Waals surface area contributed by atoms with Crippen molar-refractivity contribution in [2.75, 3.05) is 11.9 Å². The van der Waals surface area contributed by atoms with Gasteiger partial charge in [-0.3, -0.25) is 0 Å². The van der Waals surface area contributed by atoms with Crippen LogP contribution in [0.5, 0.6) is 5.75 Å². The third-order valence-corrected chi connectivity index (χ3v) is 3.78. The van der Waals surface area contributed by atoms with Gasteiger partial charge in [-0.1, -0.05) is 41.9 Å². The van der Waals surface area contributed by atoms with Crippen LogP contribution in [0.25, 0.3) is 0 Å². The van der Waals surface area contributed by atoms with E-state index in [0.29, 0.717) is 11.6 Å². The van der Waals surface area contributed by atoms with Gasteiger partial charge in [0.25, 0.3) is 0 Å². The lowest BCUT2D eigenvalue weighted by Crippen LogP contribution is -2.08. The Bertz CT molecular complexity index is 574. The average Bonchev–Trinajstić information content (AvgIpc) is 2.43. The number of ether oxygens (including phenoxy) is 1. The lowest BCUT2D eigenvalue weighted by Gasteiger charge is -2.19. The largest absolute Gasteiger partial charge is 0.491 e. The van der Waals surface area contributed by atoms with Crippen molar-refractivity contribution in [1.82, 2.24) is 0 Å². The highest BCUT2D eigenvalue weighted by molar-refractivity contribution is 9.10. The summed E-state index contributed by atoms with van der Waals surface area (Å²) in [6, 6.07) is 14.2. The summed E-state index contributed by atoms with van der Waals surface area (Å²) in [7, 11) is 0. The third kappa shape index (κ3) is 3.68. The number of benzene rings is 2. The molecule has 1 atom stereocenters. The summed E-state index contributed by atoms with van der Waals surface area (Å²) in [5, 5.41) is 4.12.